The summed E-state index contributed by atoms with van der Waals surface area (Å²) in [6.07, 6.45) is 3.43. The molecule has 0 radical (unpaired) electrons. The fourth-order valence-electron chi connectivity index (χ4n) is 2.79. The summed E-state index contributed by atoms with van der Waals surface area (Å²) in [6, 6.07) is 17.7. The number of likely N-dealkylation sites (N-methyl/N-ethyl adjacent to an activating group) is 1. The Bertz CT molecular complexity index is 935. The molecule has 5 heteroatoms. The topological polar surface area (TPSA) is 42.4 Å². The lowest BCUT2D eigenvalue weighted by Crippen LogP contribution is -2.28. The number of benzene rings is 2. The Morgan fingerprint density at radius 1 is 1.14 bits per heavy atom. The van der Waals surface area contributed by atoms with E-state index in [0.29, 0.717) is 19.7 Å². The van der Waals surface area contributed by atoms with Gasteiger partial charge in [-0.2, -0.15) is 0 Å². The van der Waals surface area contributed by atoms with Crippen LogP contribution in [-0.2, 0) is 17.9 Å². The number of thiazole rings is 1. The van der Waals surface area contributed by atoms with Gasteiger partial charge in [-0.1, -0.05) is 48.5 Å². The number of hydrogen-bond donors (Lipinski definition) is 0. The van der Waals surface area contributed by atoms with Gasteiger partial charge in [-0.25, -0.2) is 4.98 Å². The molecule has 0 aliphatic heterocycles. The Hall–Kier alpha value is -2.92. The summed E-state index contributed by atoms with van der Waals surface area (Å²) in [5, 5.41) is 3.02. The largest absolute Gasteiger partial charge is 0.487 e. The van der Waals surface area contributed by atoms with E-state index in [0.717, 1.165) is 27.6 Å². The van der Waals surface area contributed by atoms with Crippen LogP contribution in [0, 0.1) is 6.92 Å². The van der Waals surface area contributed by atoms with Crippen molar-refractivity contribution in [1.82, 2.24) is 9.88 Å². The fraction of sp³-hybridized carbons (Fsp3) is 0.217. The number of ether oxygens (including phenoxy) is 1. The van der Waals surface area contributed by atoms with Gasteiger partial charge >= 0.3 is 0 Å². The van der Waals surface area contributed by atoms with Crippen LogP contribution < -0.4 is 4.74 Å². The molecule has 0 atom stereocenters. The Labute approximate surface area is 170 Å². The molecule has 4 nitrogen and oxygen atoms in total. The summed E-state index contributed by atoms with van der Waals surface area (Å²) in [6.45, 7) is 5.63. The third-order valence-electron chi connectivity index (χ3n) is 4.28. The van der Waals surface area contributed by atoms with Crippen molar-refractivity contribution in [3.63, 3.8) is 0 Å². The predicted molar refractivity (Wildman–Crippen MR) is 114 cm³/mol. The first kappa shape index (κ1) is 19.8. The first-order chi connectivity index (χ1) is 13.7. The van der Waals surface area contributed by atoms with E-state index in [9.17, 15) is 4.79 Å². The van der Waals surface area contributed by atoms with Gasteiger partial charge in [-0.05, 0) is 31.6 Å². The van der Waals surface area contributed by atoms with Crippen LogP contribution in [0.5, 0.6) is 5.75 Å². The molecule has 144 valence electrons. The van der Waals surface area contributed by atoms with E-state index in [1.54, 1.807) is 17.4 Å². The molecule has 2 aromatic carbocycles. The first-order valence-corrected chi connectivity index (χ1v) is 10.2. The maximum Gasteiger partial charge on any atom is 0.246 e. The monoisotopic (exact) mass is 392 g/mol. The number of carbonyl (C=O) groups is 1. The third-order valence-corrected chi connectivity index (χ3v) is 5.10. The summed E-state index contributed by atoms with van der Waals surface area (Å²) < 4.78 is 5.92. The number of rotatable bonds is 8. The zero-order chi connectivity index (χ0) is 19.8. The SMILES string of the molecule is CCN(Cc1ccccc1)C(=O)/C=C/c1ccccc1OCc1csc(C)n1. The smallest absolute Gasteiger partial charge is 0.246 e. The van der Waals surface area contributed by atoms with Crippen molar-refractivity contribution in [2.24, 2.45) is 0 Å². The third kappa shape index (κ3) is 5.54. The molecule has 0 fully saturated rings. The Balaban J connectivity index is 1.66. The molecule has 0 bridgehead atoms. The fourth-order valence-corrected chi connectivity index (χ4v) is 3.39. The standard InChI is InChI=1S/C23H24N2O2S/c1-3-25(15-19-9-5-4-6-10-19)23(26)14-13-20-11-7-8-12-22(20)27-16-21-17-28-18(2)24-21/h4-14,17H,3,15-16H2,1-2H3/b14-13+. The summed E-state index contributed by atoms with van der Waals surface area (Å²) >= 11 is 1.61. The Morgan fingerprint density at radius 3 is 2.61 bits per heavy atom. The molecule has 3 aromatic rings. The molecule has 0 aliphatic rings. The van der Waals surface area contributed by atoms with Crippen LogP contribution in [0.4, 0.5) is 0 Å². The first-order valence-electron chi connectivity index (χ1n) is 9.29. The summed E-state index contributed by atoms with van der Waals surface area (Å²) in [7, 11) is 0. The number of nitrogens with zero attached hydrogens (tertiary/aromatic N) is 2. The zero-order valence-corrected chi connectivity index (χ0v) is 17.0. The van der Waals surface area contributed by atoms with Crippen LogP contribution in [-0.4, -0.2) is 22.3 Å². The number of carbonyl (C=O) groups excluding carboxylic acids is 1. The van der Waals surface area contributed by atoms with E-state index in [4.69, 9.17) is 4.74 Å². The lowest BCUT2D eigenvalue weighted by molar-refractivity contribution is -0.126. The van der Waals surface area contributed by atoms with E-state index in [2.05, 4.69) is 4.98 Å². The molecule has 0 saturated heterocycles. The maximum atomic E-state index is 12.6. The van der Waals surface area contributed by atoms with Crippen molar-refractivity contribution < 1.29 is 9.53 Å². The van der Waals surface area contributed by atoms with Crippen LogP contribution in [0.15, 0.2) is 66.1 Å². The van der Waals surface area contributed by atoms with Gasteiger partial charge in [-0.3, -0.25) is 4.79 Å². The Morgan fingerprint density at radius 2 is 1.89 bits per heavy atom. The van der Waals surface area contributed by atoms with Gasteiger partial charge in [0.1, 0.15) is 12.4 Å². The quantitative estimate of drug-likeness (QED) is 0.501. The molecule has 1 amide bonds. The van der Waals surface area contributed by atoms with Gasteiger partial charge in [0, 0.05) is 30.1 Å². The van der Waals surface area contributed by atoms with Gasteiger partial charge in [0.15, 0.2) is 0 Å². The number of aryl methyl sites for hydroxylation is 1. The molecule has 0 N–H and O–H groups in total. The van der Waals surface area contributed by atoms with Crippen LogP contribution in [0.25, 0.3) is 6.08 Å². The highest BCUT2D eigenvalue weighted by Crippen LogP contribution is 2.21. The van der Waals surface area contributed by atoms with Crippen molar-refractivity contribution in [3.8, 4) is 5.75 Å². The summed E-state index contributed by atoms with van der Waals surface area (Å²) in [5.74, 6) is 0.722. The molecule has 0 saturated carbocycles. The normalized spacial score (nSPS) is 10.9. The van der Waals surface area contributed by atoms with Gasteiger partial charge in [0.2, 0.25) is 5.91 Å². The highest BCUT2D eigenvalue weighted by atomic mass is 32.1. The van der Waals surface area contributed by atoms with Crippen molar-refractivity contribution in [3.05, 3.63) is 87.9 Å². The minimum absolute atomic E-state index is 0.0173. The van der Waals surface area contributed by atoms with Crippen LogP contribution in [0.1, 0.15) is 28.8 Å². The molecule has 0 unspecified atom stereocenters. The average Bonchev–Trinajstić information content (AvgIpc) is 3.15. The minimum atomic E-state index is -0.0173. The minimum Gasteiger partial charge on any atom is -0.487 e. The lowest BCUT2D eigenvalue weighted by Gasteiger charge is -2.19. The molecular formula is C23H24N2O2S. The second-order valence-corrected chi connectivity index (χ2v) is 7.42. The molecule has 0 aliphatic carbocycles. The number of aromatic nitrogens is 1. The maximum absolute atomic E-state index is 12.6. The molecule has 28 heavy (non-hydrogen) atoms. The van der Waals surface area contributed by atoms with Gasteiger partial charge in [0.25, 0.3) is 0 Å². The summed E-state index contributed by atoms with van der Waals surface area (Å²) in [4.78, 5) is 18.9. The highest BCUT2D eigenvalue weighted by Gasteiger charge is 2.10. The van der Waals surface area contributed by atoms with Gasteiger partial charge in [0.05, 0.1) is 10.7 Å². The van der Waals surface area contributed by atoms with Gasteiger partial charge < -0.3 is 9.64 Å². The van der Waals surface area contributed by atoms with E-state index in [1.165, 1.54) is 0 Å². The molecular weight excluding hydrogens is 368 g/mol. The molecule has 1 heterocycles. The summed E-state index contributed by atoms with van der Waals surface area (Å²) in [5.41, 5.74) is 2.91. The number of amides is 1. The van der Waals surface area contributed by atoms with Crippen LogP contribution in [0.2, 0.25) is 0 Å². The van der Waals surface area contributed by atoms with Crippen molar-refractivity contribution >= 4 is 23.3 Å². The van der Waals surface area contributed by atoms with E-state index < -0.39 is 0 Å². The van der Waals surface area contributed by atoms with E-state index in [1.807, 2.05) is 84.8 Å². The van der Waals surface area contributed by atoms with E-state index in [-0.39, 0.29) is 5.91 Å². The van der Waals surface area contributed by atoms with Crippen molar-refractivity contribution in [2.75, 3.05) is 6.54 Å². The second-order valence-electron chi connectivity index (χ2n) is 6.36. The Kier molecular flexibility index (Phi) is 6.98. The predicted octanol–water partition coefficient (Wildman–Crippen LogP) is 5.09. The zero-order valence-electron chi connectivity index (χ0n) is 16.2. The van der Waals surface area contributed by atoms with Crippen LogP contribution in [0.3, 0.4) is 0 Å². The van der Waals surface area contributed by atoms with Gasteiger partial charge in [-0.15, -0.1) is 11.3 Å². The highest BCUT2D eigenvalue weighted by molar-refractivity contribution is 7.09. The molecule has 0 spiro atoms. The average molecular weight is 393 g/mol. The second kappa shape index (κ2) is 9.85. The number of para-hydroxylation sites is 1. The van der Waals surface area contributed by atoms with Crippen LogP contribution >= 0.6 is 11.3 Å². The van der Waals surface area contributed by atoms with E-state index >= 15 is 0 Å². The van der Waals surface area contributed by atoms with Crippen molar-refractivity contribution in [2.45, 2.75) is 27.0 Å². The molecule has 1 aromatic heterocycles. The molecule has 3 rings (SSSR count). The van der Waals surface area contributed by atoms with Crippen molar-refractivity contribution in [1.29, 1.82) is 0 Å². The number of hydrogen-bond acceptors (Lipinski definition) is 4. The lowest BCUT2D eigenvalue weighted by atomic mass is 10.1.